The van der Waals surface area contributed by atoms with E-state index in [0.717, 1.165) is 12.1 Å². The fourth-order valence-electron chi connectivity index (χ4n) is 3.60. The van der Waals surface area contributed by atoms with E-state index in [2.05, 4.69) is 10.6 Å². The van der Waals surface area contributed by atoms with E-state index in [-0.39, 0.29) is 36.0 Å². The smallest absolute Gasteiger partial charge is 0.416 e. The van der Waals surface area contributed by atoms with Crippen LogP contribution < -0.4 is 20.1 Å². The van der Waals surface area contributed by atoms with Crippen LogP contribution in [0.3, 0.4) is 0 Å². The standard InChI is InChI=1S/C25H21ClF3N3O4/c26-18-11-15-3-5-21(18)36-10-2-1-9-35-20-6-4-16(25(27,28)29)13-17(20)22(33)31-19(12-15)23(34)32-24(14-30)7-8-24/h1-6,11,13,19H,7-10,12H2,(H,31,33)(H,32,34)/t19-/m0/s1. The van der Waals surface area contributed by atoms with Gasteiger partial charge in [0.05, 0.1) is 22.2 Å². The second-order valence-electron chi connectivity index (χ2n) is 8.48. The summed E-state index contributed by atoms with van der Waals surface area (Å²) in [7, 11) is 0. The molecule has 0 aromatic heterocycles. The predicted molar refractivity (Wildman–Crippen MR) is 124 cm³/mol. The quantitative estimate of drug-likeness (QED) is 0.579. The molecular weight excluding hydrogens is 499 g/mol. The van der Waals surface area contributed by atoms with Crippen LogP contribution in [0.1, 0.15) is 34.3 Å². The van der Waals surface area contributed by atoms with E-state index in [1.165, 1.54) is 0 Å². The molecule has 0 unspecified atom stereocenters. The van der Waals surface area contributed by atoms with E-state index in [4.69, 9.17) is 21.1 Å². The molecule has 1 fully saturated rings. The molecule has 7 nitrogen and oxygen atoms in total. The van der Waals surface area contributed by atoms with E-state index in [0.29, 0.717) is 30.2 Å². The van der Waals surface area contributed by atoms with Gasteiger partial charge in [-0.15, -0.1) is 0 Å². The topological polar surface area (TPSA) is 100 Å². The van der Waals surface area contributed by atoms with Gasteiger partial charge < -0.3 is 20.1 Å². The Kier molecular flexibility index (Phi) is 7.13. The molecule has 2 aliphatic heterocycles. The van der Waals surface area contributed by atoms with Gasteiger partial charge in [-0.25, -0.2) is 0 Å². The van der Waals surface area contributed by atoms with Gasteiger partial charge in [-0.05, 0) is 60.9 Å². The van der Waals surface area contributed by atoms with Crippen molar-refractivity contribution in [2.24, 2.45) is 0 Å². The summed E-state index contributed by atoms with van der Waals surface area (Å²) in [5.41, 5.74) is -1.86. The van der Waals surface area contributed by atoms with E-state index in [9.17, 15) is 28.0 Å². The lowest BCUT2D eigenvalue weighted by atomic mass is 10.0. The van der Waals surface area contributed by atoms with Gasteiger partial charge in [0, 0.05) is 6.42 Å². The van der Waals surface area contributed by atoms with Gasteiger partial charge >= 0.3 is 6.18 Å². The Bertz CT molecular complexity index is 1250. The molecule has 0 saturated heterocycles. The van der Waals surface area contributed by atoms with Crippen LogP contribution in [0.25, 0.3) is 0 Å². The maximum Gasteiger partial charge on any atom is 0.416 e. The van der Waals surface area contributed by atoms with Crippen LogP contribution in [0.2, 0.25) is 5.02 Å². The fraction of sp³-hybridized carbons (Fsp3) is 0.320. The Morgan fingerprint density at radius 2 is 1.78 bits per heavy atom. The molecule has 1 atom stereocenters. The Morgan fingerprint density at radius 3 is 2.39 bits per heavy atom. The second-order valence-corrected chi connectivity index (χ2v) is 8.89. The zero-order chi connectivity index (χ0) is 25.9. The van der Waals surface area contributed by atoms with Gasteiger partial charge in [0.1, 0.15) is 36.3 Å². The molecule has 2 bridgehead atoms. The number of nitrogens with zero attached hydrogens (tertiary/aromatic N) is 1. The first-order valence-electron chi connectivity index (χ1n) is 11.0. The molecule has 1 aliphatic carbocycles. The maximum absolute atomic E-state index is 13.4. The summed E-state index contributed by atoms with van der Waals surface area (Å²) in [6.07, 6.45) is -0.569. The largest absolute Gasteiger partial charge is 0.489 e. The van der Waals surface area contributed by atoms with Crippen molar-refractivity contribution in [2.45, 2.75) is 37.0 Å². The zero-order valence-electron chi connectivity index (χ0n) is 18.8. The van der Waals surface area contributed by atoms with Crippen molar-refractivity contribution in [3.63, 3.8) is 0 Å². The molecule has 3 aliphatic rings. The number of nitrogens with one attached hydrogen (secondary N) is 2. The molecule has 2 N–H and O–H groups in total. The highest BCUT2D eigenvalue weighted by Gasteiger charge is 2.45. The van der Waals surface area contributed by atoms with E-state index in [1.807, 2.05) is 6.07 Å². The summed E-state index contributed by atoms with van der Waals surface area (Å²) >= 11 is 6.30. The van der Waals surface area contributed by atoms with Crippen molar-refractivity contribution in [2.75, 3.05) is 13.2 Å². The van der Waals surface area contributed by atoms with Crippen molar-refractivity contribution >= 4 is 23.4 Å². The summed E-state index contributed by atoms with van der Waals surface area (Å²) in [6.45, 7) is 0.111. The lowest BCUT2D eigenvalue weighted by Crippen LogP contribution is -2.51. The number of halogens is 4. The summed E-state index contributed by atoms with van der Waals surface area (Å²) in [6, 6.07) is 8.25. The number of amides is 2. The Morgan fingerprint density at radius 1 is 1.11 bits per heavy atom. The number of carbonyl (C=O) groups is 2. The molecule has 36 heavy (non-hydrogen) atoms. The summed E-state index contributed by atoms with van der Waals surface area (Å²) in [5, 5.41) is 14.8. The lowest BCUT2D eigenvalue weighted by molar-refractivity contribution is -0.137. The molecule has 0 spiro atoms. The highest BCUT2D eigenvalue weighted by molar-refractivity contribution is 6.32. The number of alkyl halides is 3. The van der Waals surface area contributed by atoms with Gasteiger partial charge in [-0.1, -0.05) is 17.7 Å². The van der Waals surface area contributed by atoms with Crippen molar-refractivity contribution in [3.05, 3.63) is 70.3 Å². The molecule has 2 amide bonds. The number of hydrogen-bond acceptors (Lipinski definition) is 5. The van der Waals surface area contributed by atoms with E-state index >= 15 is 0 Å². The van der Waals surface area contributed by atoms with Gasteiger partial charge in [-0.3, -0.25) is 9.59 Å². The summed E-state index contributed by atoms with van der Waals surface area (Å²) in [5.74, 6) is -1.24. The van der Waals surface area contributed by atoms with Gasteiger partial charge in [0.2, 0.25) is 5.91 Å². The summed E-state index contributed by atoms with van der Waals surface area (Å²) in [4.78, 5) is 26.3. The fourth-order valence-corrected chi connectivity index (χ4v) is 3.86. The Hall–Kier alpha value is -3.71. The van der Waals surface area contributed by atoms with Crippen LogP contribution in [-0.4, -0.2) is 36.6 Å². The number of rotatable bonds is 2. The van der Waals surface area contributed by atoms with Crippen LogP contribution >= 0.6 is 11.6 Å². The molecule has 5 rings (SSSR count). The second kappa shape index (κ2) is 10.1. The molecule has 2 aromatic rings. The third-order valence-corrected chi connectivity index (χ3v) is 6.07. The van der Waals surface area contributed by atoms with Crippen LogP contribution in [0.4, 0.5) is 13.2 Å². The molecular formula is C25H21ClF3N3O4. The van der Waals surface area contributed by atoms with Crippen LogP contribution in [-0.2, 0) is 17.4 Å². The van der Waals surface area contributed by atoms with Crippen LogP contribution in [0, 0.1) is 11.3 Å². The van der Waals surface area contributed by atoms with E-state index in [1.54, 1.807) is 30.4 Å². The highest BCUT2D eigenvalue weighted by Crippen LogP contribution is 2.35. The Balaban J connectivity index is 1.71. The predicted octanol–water partition coefficient (Wildman–Crippen LogP) is 4.20. The monoisotopic (exact) mass is 519 g/mol. The Labute approximate surface area is 209 Å². The number of carbonyl (C=O) groups excluding carboxylic acids is 2. The average Bonchev–Trinajstić information content (AvgIpc) is 3.60. The van der Waals surface area contributed by atoms with Gasteiger partial charge in [0.25, 0.3) is 5.91 Å². The number of benzene rings is 2. The first-order valence-corrected chi connectivity index (χ1v) is 11.4. The van der Waals surface area contributed by atoms with Crippen LogP contribution in [0.5, 0.6) is 11.5 Å². The number of nitriles is 1. The molecule has 2 aromatic carbocycles. The number of ether oxygens (including phenoxy) is 2. The van der Waals surface area contributed by atoms with Crippen LogP contribution in [0.15, 0.2) is 48.6 Å². The van der Waals surface area contributed by atoms with Gasteiger partial charge in [0.15, 0.2) is 0 Å². The summed E-state index contributed by atoms with van der Waals surface area (Å²) < 4.78 is 51.2. The molecule has 0 radical (unpaired) electrons. The van der Waals surface area contributed by atoms with Crippen molar-refractivity contribution in [1.29, 1.82) is 5.26 Å². The minimum Gasteiger partial charge on any atom is -0.489 e. The zero-order valence-corrected chi connectivity index (χ0v) is 19.6. The normalized spacial score (nSPS) is 19.2. The van der Waals surface area contributed by atoms with Crippen molar-refractivity contribution in [1.82, 2.24) is 10.6 Å². The first kappa shape index (κ1) is 25.4. The van der Waals surface area contributed by atoms with Crippen molar-refractivity contribution < 1.29 is 32.2 Å². The third-order valence-electron chi connectivity index (χ3n) is 5.77. The number of hydrogen-bond donors (Lipinski definition) is 2. The van der Waals surface area contributed by atoms with E-state index < -0.39 is 35.1 Å². The maximum atomic E-state index is 13.4. The minimum atomic E-state index is -4.69. The number of fused-ring (bicyclic) bond motifs is 9. The van der Waals surface area contributed by atoms with Gasteiger partial charge in [-0.2, -0.15) is 18.4 Å². The lowest BCUT2D eigenvalue weighted by Gasteiger charge is -2.22. The van der Waals surface area contributed by atoms with Crippen molar-refractivity contribution in [3.8, 4) is 17.6 Å². The minimum absolute atomic E-state index is 0.0336. The molecule has 2 heterocycles. The third kappa shape index (κ3) is 5.91. The SMILES string of the molecule is N#CC1(NC(=O)[C@@H]2Cc3ccc(c(Cl)c3)OCC=CCOc3ccc(C(F)(F)F)cc3C(=O)N2)CC1. The molecule has 11 heteroatoms. The first-order chi connectivity index (χ1) is 17.1. The average molecular weight is 520 g/mol. The molecule has 188 valence electrons. The highest BCUT2D eigenvalue weighted by atomic mass is 35.5. The molecule has 1 saturated carbocycles.